The van der Waals surface area contributed by atoms with Crippen molar-refractivity contribution >= 4 is 11.9 Å². The van der Waals surface area contributed by atoms with E-state index in [1.54, 1.807) is 0 Å². The Balaban J connectivity index is 2.04. The van der Waals surface area contributed by atoms with Crippen molar-refractivity contribution in [2.24, 2.45) is 0 Å². The van der Waals surface area contributed by atoms with Gasteiger partial charge in [-0.2, -0.15) is 0 Å². The third-order valence-electron chi connectivity index (χ3n) is 2.99. The molecule has 0 bridgehead atoms. The van der Waals surface area contributed by atoms with Crippen LogP contribution in [0.1, 0.15) is 13.8 Å². The van der Waals surface area contributed by atoms with Crippen LogP contribution < -0.4 is 0 Å². The minimum absolute atomic E-state index is 0.0381. The maximum atomic E-state index is 11.2. The normalized spacial score (nSPS) is 31.0. The molecule has 2 heterocycles. The SMILES string of the molecule is CC(=O)OCC(OC(C)=O)C1OCOC2COCOC21. The molecule has 8 nitrogen and oxygen atoms in total. The molecule has 0 aromatic carbocycles. The molecule has 0 saturated carbocycles. The van der Waals surface area contributed by atoms with Gasteiger partial charge in [0.2, 0.25) is 0 Å². The lowest BCUT2D eigenvalue weighted by Gasteiger charge is -2.42. The first kappa shape index (κ1) is 15.2. The first-order valence-electron chi connectivity index (χ1n) is 6.31. The summed E-state index contributed by atoms with van der Waals surface area (Å²) in [6.07, 6.45) is -2.04. The van der Waals surface area contributed by atoms with Gasteiger partial charge in [0.05, 0.1) is 6.61 Å². The zero-order valence-corrected chi connectivity index (χ0v) is 11.4. The maximum absolute atomic E-state index is 11.2. The summed E-state index contributed by atoms with van der Waals surface area (Å²) in [5, 5.41) is 0. The van der Waals surface area contributed by atoms with Gasteiger partial charge in [0.25, 0.3) is 0 Å². The molecule has 114 valence electrons. The van der Waals surface area contributed by atoms with Crippen LogP contribution in [0.4, 0.5) is 0 Å². The molecule has 0 aromatic heterocycles. The fraction of sp³-hybridized carbons (Fsp3) is 0.833. The molecule has 2 saturated heterocycles. The number of hydrogen-bond acceptors (Lipinski definition) is 8. The highest BCUT2D eigenvalue weighted by molar-refractivity contribution is 5.67. The van der Waals surface area contributed by atoms with Crippen molar-refractivity contribution in [1.82, 2.24) is 0 Å². The van der Waals surface area contributed by atoms with E-state index in [1.807, 2.05) is 0 Å². The topological polar surface area (TPSA) is 89.5 Å². The van der Waals surface area contributed by atoms with Crippen LogP contribution in [-0.2, 0) is 38.0 Å². The number of hydrogen-bond donors (Lipinski definition) is 0. The molecule has 0 aliphatic carbocycles. The van der Waals surface area contributed by atoms with Crippen LogP contribution in [0.25, 0.3) is 0 Å². The van der Waals surface area contributed by atoms with Crippen LogP contribution in [0, 0.1) is 0 Å². The molecule has 0 aromatic rings. The monoisotopic (exact) mass is 290 g/mol. The Hall–Kier alpha value is -1.22. The van der Waals surface area contributed by atoms with Crippen molar-refractivity contribution < 1.29 is 38.0 Å². The lowest BCUT2D eigenvalue weighted by molar-refractivity contribution is -0.315. The molecular weight excluding hydrogens is 272 g/mol. The van der Waals surface area contributed by atoms with E-state index in [1.165, 1.54) is 13.8 Å². The number of ether oxygens (including phenoxy) is 6. The van der Waals surface area contributed by atoms with Gasteiger partial charge in [-0.1, -0.05) is 0 Å². The van der Waals surface area contributed by atoms with Crippen LogP contribution in [0.2, 0.25) is 0 Å². The molecule has 4 atom stereocenters. The summed E-state index contributed by atoms with van der Waals surface area (Å²) in [7, 11) is 0. The molecule has 0 N–H and O–H groups in total. The summed E-state index contributed by atoms with van der Waals surface area (Å²) in [6, 6.07) is 0. The van der Waals surface area contributed by atoms with Crippen LogP contribution in [0.3, 0.4) is 0 Å². The molecular formula is C12H18O8. The van der Waals surface area contributed by atoms with Gasteiger partial charge in [0.15, 0.2) is 6.10 Å². The fourth-order valence-electron chi connectivity index (χ4n) is 2.17. The number of fused-ring (bicyclic) bond motifs is 1. The summed E-state index contributed by atoms with van der Waals surface area (Å²) in [5.41, 5.74) is 0. The van der Waals surface area contributed by atoms with Gasteiger partial charge in [-0.3, -0.25) is 9.59 Å². The molecule has 2 rings (SSSR count). The molecule has 0 spiro atoms. The Labute approximate surface area is 116 Å². The summed E-state index contributed by atoms with van der Waals surface area (Å²) in [4.78, 5) is 22.1. The number of carbonyl (C=O) groups excluding carboxylic acids is 2. The lowest BCUT2D eigenvalue weighted by Crippen LogP contribution is -2.58. The second kappa shape index (κ2) is 6.98. The van der Waals surface area contributed by atoms with Gasteiger partial charge in [0.1, 0.15) is 38.5 Å². The quantitative estimate of drug-likeness (QED) is 0.646. The van der Waals surface area contributed by atoms with E-state index in [0.717, 1.165) is 0 Å². The number of rotatable bonds is 4. The smallest absolute Gasteiger partial charge is 0.303 e. The Morgan fingerprint density at radius 3 is 2.65 bits per heavy atom. The third-order valence-corrected chi connectivity index (χ3v) is 2.99. The Bertz CT molecular complexity index is 355. The fourth-order valence-corrected chi connectivity index (χ4v) is 2.17. The summed E-state index contributed by atoms with van der Waals surface area (Å²) < 4.78 is 31.5. The van der Waals surface area contributed by atoms with Gasteiger partial charge in [-0.15, -0.1) is 0 Å². The van der Waals surface area contributed by atoms with Crippen molar-refractivity contribution in [3.8, 4) is 0 Å². The molecule has 20 heavy (non-hydrogen) atoms. The highest BCUT2D eigenvalue weighted by Gasteiger charge is 2.44. The summed E-state index contributed by atoms with van der Waals surface area (Å²) in [5.74, 6) is -0.945. The lowest BCUT2D eigenvalue weighted by atomic mass is 10.0. The third kappa shape index (κ3) is 3.89. The van der Waals surface area contributed by atoms with Crippen LogP contribution in [0.15, 0.2) is 0 Å². The van der Waals surface area contributed by atoms with E-state index < -0.39 is 30.3 Å². The highest BCUT2D eigenvalue weighted by atomic mass is 16.8. The van der Waals surface area contributed by atoms with Crippen molar-refractivity contribution in [1.29, 1.82) is 0 Å². The maximum Gasteiger partial charge on any atom is 0.303 e. The average Bonchev–Trinajstić information content (AvgIpc) is 2.42. The predicted molar refractivity (Wildman–Crippen MR) is 62.5 cm³/mol. The average molecular weight is 290 g/mol. The Morgan fingerprint density at radius 2 is 1.95 bits per heavy atom. The second-order valence-corrected chi connectivity index (χ2v) is 4.52. The van der Waals surface area contributed by atoms with Crippen molar-refractivity contribution in [3.63, 3.8) is 0 Å². The van der Waals surface area contributed by atoms with E-state index in [9.17, 15) is 9.59 Å². The van der Waals surface area contributed by atoms with Crippen molar-refractivity contribution in [2.45, 2.75) is 38.3 Å². The first-order chi connectivity index (χ1) is 9.58. The standard InChI is InChI=1S/C12H18O8/c1-7(13)16-4-10(20-8(2)14)12-11-9(17-6-19-12)3-15-5-18-11/h9-12H,3-6H2,1-2H3. The number of esters is 2. The van der Waals surface area contributed by atoms with Crippen molar-refractivity contribution in [2.75, 3.05) is 26.8 Å². The molecule has 8 heteroatoms. The zero-order chi connectivity index (χ0) is 14.5. The first-order valence-corrected chi connectivity index (χ1v) is 6.31. The molecule has 0 radical (unpaired) electrons. The predicted octanol–water partition coefficient (Wildman–Crippen LogP) is -0.404. The van der Waals surface area contributed by atoms with Gasteiger partial charge in [0, 0.05) is 13.8 Å². The minimum Gasteiger partial charge on any atom is -0.462 e. The van der Waals surface area contributed by atoms with E-state index in [0.29, 0.717) is 6.61 Å². The van der Waals surface area contributed by atoms with Crippen LogP contribution in [0.5, 0.6) is 0 Å². The van der Waals surface area contributed by atoms with E-state index in [2.05, 4.69) is 0 Å². The Kier molecular flexibility index (Phi) is 5.30. The summed E-state index contributed by atoms with van der Waals surface area (Å²) >= 11 is 0. The highest BCUT2D eigenvalue weighted by Crippen LogP contribution is 2.25. The Morgan fingerprint density at radius 1 is 1.15 bits per heavy atom. The van der Waals surface area contributed by atoms with Gasteiger partial charge in [-0.25, -0.2) is 0 Å². The molecule has 4 unspecified atom stereocenters. The van der Waals surface area contributed by atoms with Crippen molar-refractivity contribution in [3.05, 3.63) is 0 Å². The molecule has 2 fully saturated rings. The summed E-state index contributed by atoms with van der Waals surface area (Å²) in [6.45, 7) is 3.00. The van der Waals surface area contributed by atoms with Crippen LogP contribution in [-0.4, -0.2) is 63.2 Å². The second-order valence-electron chi connectivity index (χ2n) is 4.52. The molecule has 0 amide bonds. The van der Waals surface area contributed by atoms with Gasteiger partial charge >= 0.3 is 11.9 Å². The van der Waals surface area contributed by atoms with E-state index in [4.69, 9.17) is 28.4 Å². The molecule has 2 aliphatic heterocycles. The van der Waals surface area contributed by atoms with Gasteiger partial charge in [-0.05, 0) is 0 Å². The van der Waals surface area contributed by atoms with E-state index in [-0.39, 0.29) is 26.3 Å². The largest absolute Gasteiger partial charge is 0.462 e. The van der Waals surface area contributed by atoms with Gasteiger partial charge < -0.3 is 28.4 Å². The number of carbonyl (C=O) groups is 2. The zero-order valence-electron chi connectivity index (χ0n) is 11.4. The minimum atomic E-state index is -0.745. The van der Waals surface area contributed by atoms with Crippen LogP contribution >= 0.6 is 0 Å². The van der Waals surface area contributed by atoms with E-state index >= 15 is 0 Å². The molecule has 2 aliphatic rings.